The molecule has 0 N–H and O–H groups in total. The number of benzene rings is 4. The maximum Gasteiger partial charge on any atom is 0.140 e. The van der Waals surface area contributed by atoms with E-state index >= 15 is 0 Å². The average Bonchev–Trinajstić information content (AvgIpc) is 2.77. The van der Waals surface area contributed by atoms with Gasteiger partial charge < -0.3 is 4.74 Å². The van der Waals surface area contributed by atoms with E-state index in [1.54, 1.807) is 0 Å². The second-order valence-corrected chi connectivity index (χ2v) is 13.1. The maximum absolute atomic E-state index is 6.81. The number of pyridine rings is 1. The van der Waals surface area contributed by atoms with Crippen molar-refractivity contribution in [1.82, 2.24) is 4.98 Å². The molecule has 0 saturated heterocycles. The summed E-state index contributed by atoms with van der Waals surface area (Å²) in [6.07, 6.45) is 3.88. The monoisotopic (exact) mass is 493 g/mol. The summed E-state index contributed by atoms with van der Waals surface area (Å²) in [5, 5.41) is 7.71. The molecule has 36 heavy (non-hydrogen) atoms. The van der Waals surface area contributed by atoms with Gasteiger partial charge in [-0.2, -0.15) is 0 Å². The van der Waals surface area contributed by atoms with Gasteiger partial charge in [0.05, 0.1) is 11.1 Å². The molecule has 1 aromatic heterocycles. The highest BCUT2D eigenvalue weighted by atomic mass is 35.5. The molecule has 2 nitrogen and oxygen atoms in total. The molecule has 6 rings (SSSR count). The molecule has 0 bridgehead atoms. The first-order valence-electron chi connectivity index (χ1n) is 12.7. The third kappa shape index (κ3) is 4.02. The summed E-state index contributed by atoms with van der Waals surface area (Å²) in [5.41, 5.74) is 5.04. The largest absolute Gasteiger partial charge is 0.456 e. The van der Waals surface area contributed by atoms with Gasteiger partial charge in [0.15, 0.2) is 0 Å². The van der Waals surface area contributed by atoms with Gasteiger partial charge in [0, 0.05) is 22.3 Å². The van der Waals surface area contributed by atoms with Crippen LogP contribution in [0, 0.1) is 10.8 Å². The van der Waals surface area contributed by atoms with Crippen molar-refractivity contribution in [1.29, 1.82) is 0 Å². The zero-order valence-corrected chi connectivity index (χ0v) is 22.7. The van der Waals surface area contributed by atoms with Crippen LogP contribution < -0.4 is 4.74 Å². The van der Waals surface area contributed by atoms with Crippen LogP contribution in [0.4, 0.5) is 0 Å². The fourth-order valence-electron chi connectivity index (χ4n) is 5.68. The summed E-state index contributed by atoms with van der Waals surface area (Å²) in [6.45, 7) is 13.7. The molecule has 0 fully saturated rings. The Morgan fingerprint density at radius 3 is 2.22 bits per heavy atom. The fourth-order valence-corrected chi connectivity index (χ4v) is 5.86. The Hall–Kier alpha value is -3.10. The molecule has 2 heterocycles. The number of halogens is 1. The van der Waals surface area contributed by atoms with Crippen molar-refractivity contribution in [2.75, 3.05) is 0 Å². The highest BCUT2D eigenvalue weighted by molar-refractivity contribution is 6.31. The van der Waals surface area contributed by atoms with Crippen molar-refractivity contribution >= 4 is 43.9 Å². The molecule has 0 spiro atoms. The van der Waals surface area contributed by atoms with E-state index in [0.29, 0.717) is 0 Å². The van der Waals surface area contributed by atoms with E-state index in [1.165, 1.54) is 21.9 Å². The van der Waals surface area contributed by atoms with Crippen LogP contribution in [-0.2, 0) is 12.8 Å². The van der Waals surface area contributed by atoms with E-state index in [4.69, 9.17) is 21.3 Å². The van der Waals surface area contributed by atoms with Crippen molar-refractivity contribution in [2.45, 2.75) is 54.4 Å². The molecular weight excluding hydrogens is 462 g/mol. The first-order chi connectivity index (χ1) is 17.0. The quantitative estimate of drug-likeness (QED) is 0.224. The Bertz CT molecular complexity index is 1690. The lowest BCUT2D eigenvalue weighted by molar-refractivity contribution is 0.400. The molecule has 1 aliphatic heterocycles. The van der Waals surface area contributed by atoms with Gasteiger partial charge in [-0.3, -0.25) is 4.98 Å². The Kier molecular flexibility index (Phi) is 5.15. The lowest BCUT2D eigenvalue weighted by Gasteiger charge is -2.28. The number of ether oxygens (including phenoxy) is 1. The standard InChI is InChI=1S/C33H32ClNO/c1-32(2,3)17-19-7-9-24-20(13-19)15-26-30-29-25(11-12-35-30)23-10-8-22(34)14-21(23)16-28(29)36-31(26)27(24)18-33(4,5)6/h7-16H,17-18H2,1-6H3. The number of nitrogens with zero attached hydrogens (tertiary/aromatic N) is 1. The molecule has 182 valence electrons. The number of hydrogen-bond donors (Lipinski definition) is 0. The average molecular weight is 494 g/mol. The van der Waals surface area contributed by atoms with Gasteiger partial charge in [0.2, 0.25) is 0 Å². The van der Waals surface area contributed by atoms with E-state index in [9.17, 15) is 0 Å². The fraction of sp³-hybridized carbons (Fsp3) is 0.303. The zero-order chi connectivity index (χ0) is 25.4. The van der Waals surface area contributed by atoms with E-state index in [2.05, 4.69) is 84.0 Å². The SMILES string of the molecule is CC(C)(C)Cc1ccc2c(CC(C)(C)C)c3c(cc2c1)-c1nccc2c1c(cc1cc(Cl)ccc12)O3. The summed E-state index contributed by atoms with van der Waals surface area (Å²) in [4.78, 5) is 4.92. The molecule has 5 aromatic rings. The molecule has 0 unspecified atom stereocenters. The minimum atomic E-state index is 0.103. The Morgan fingerprint density at radius 1 is 0.750 bits per heavy atom. The van der Waals surface area contributed by atoms with E-state index < -0.39 is 0 Å². The van der Waals surface area contributed by atoms with Crippen molar-refractivity contribution in [3.8, 4) is 22.8 Å². The molecule has 0 aliphatic carbocycles. The maximum atomic E-state index is 6.81. The Morgan fingerprint density at radius 2 is 1.47 bits per heavy atom. The van der Waals surface area contributed by atoms with Gasteiger partial charge in [-0.05, 0) is 86.5 Å². The van der Waals surface area contributed by atoms with Gasteiger partial charge in [-0.25, -0.2) is 0 Å². The minimum absolute atomic E-state index is 0.103. The summed E-state index contributed by atoms with van der Waals surface area (Å²) in [7, 11) is 0. The van der Waals surface area contributed by atoms with E-state index in [-0.39, 0.29) is 10.8 Å². The van der Waals surface area contributed by atoms with Crippen molar-refractivity contribution in [3.63, 3.8) is 0 Å². The predicted molar refractivity (Wildman–Crippen MR) is 154 cm³/mol. The second kappa shape index (κ2) is 7.95. The van der Waals surface area contributed by atoms with Crippen molar-refractivity contribution in [3.05, 3.63) is 76.9 Å². The van der Waals surface area contributed by atoms with Crippen LogP contribution in [-0.4, -0.2) is 4.98 Å². The van der Waals surface area contributed by atoms with Crippen LogP contribution in [0.3, 0.4) is 0 Å². The van der Waals surface area contributed by atoms with Crippen LogP contribution in [0.1, 0.15) is 52.7 Å². The molecule has 1 aliphatic rings. The number of fused-ring (bicyclic) bond motifs is 5. The van der Waals surface area contributed by atoms with Crippen molar-refractivity contribution < 1.29 is 4.74 Å². The first kappa shape index (κ1) is 23.3. The number of rotatable bonds is 2. The second-order valence-electron chi connectivity index (χ2n) is 12.7. The van der Waals surface area contributed by atoms with Crippen LogP contribution in [0.15, 0.2) is 60.8 Å². The van der Waals surface area contributed by atoms with E-state index in [0.717, 1.165) is 62.2 Å². The van der Waals surface area contributed by atoms with Gasteiger partial charge in [-0.15, -0.1) is 0 Å². The number of hydrogen-bond acceptors (Lipinski definition) is 2. The van der Waals surface area contributed by atoms with Crippen LogP contribution in [0.5, 0.6) is 11.5 Å². The lowest BCUT2D eigenvalue weighted by atomic mass is 9.82. The number of aromatic nitrogens is 1. The van der Waals surface area contributed by atoms with Gasteiger partial charge >= 0.3 is 0 Å². The highest BCUT2D eigenvalue weighted by Crippen LogP contribution is 2.51. The minimum Gasteiger partial charge on any atom is -0.456 e. The molecular formula is C33H32ClNO. The normalized spacial score (nSPS) is 13.3. The Labute approximate surface area is 218 Å². The van der Waals surface area contributed by atoms with Gasteiger partial charge in [-0.1, -0.05) is 77.4 Å². The molecule has 0 atom stereocenters. The summed E-state index contributed by atoms with van der Waals surface area (Å²) >= 11 is 6.35. The Balaban J connectivity index is 1.67. The van der Waals surface area contributed by atoms with Crippen LogP contribution >= 0.6 is 11.6 Å². The van der Waals surface area contributed by atoms with Crippen molar-refractivity contribution in [2.24, 2.45) is 10.8 Å². The van der Waals surface area contributed by atoms with Crippen LogP contribution in [0.2, 0.25) is 5.02 Å². The third-order valence-corrected chi connectivity index (χ3v) is 7.19. The summed E-state index contributed by atoms with van der Waals surface area (Å²) in [5.74, 6) is 1.80. The molecule has 4 aromatic carbocycles. The van der Waals surface area contributed by atoms with E-state index in [1.807, 2.05) is 18.3 Å². The summed E-state index contributed by atoms with van der Waals surface area (Å²) < 4.78 is 6.81. The topological polar surface area (TPSA) is 22.1 Å². The molecule has 0 radical (unpaired) electrons. The molecule has 0 saturated carbocycles. The summed E-state index contributed by atoms with van der Waals surface area (Å²) in [6, 6.07) is 19.5. The predicted octanol–water partition coefficient (Wildman–Crippen LogP) is 10.1. The smallest absolute Gasteiger partial charge is 0.140 e. The van der Waals surface area contributed by atoms with Crippen LogP contribution in [0.25, 0.3) is 43.6 Å². The zero-order valence-electron chi connectivity index (χ0n) is 21.9. The molecule has 3 heteroatoms. The van der Waals surface area contributed by atoms with Gasteiger partial charge in [0.1, 0.15) is 11.5 Å². The first-order valence-corrected chi connectivity index (χ1v) is 13.1. The molecule has 0 amide bonds. The third-order valence-electron chi connectivity index (χ3n) is 6.96. The van der Waals surface area contributed by atoms with Gasteiger partial charge in [0.25, 0.3) is 0 Å². The lowest BCUT2D eigenvalue weighted by Crippen LogP contribution is -2.13. The highest BCUT2D eigenvalue weighted by Gasteiger charge is 2.28.